The van der Waals surface area contributed by atoms with E-state index in [0.29, 0.717) is 50.4 Å². The molecule has 0 unspecified atom stereocenters. The number of hydrogen-bond donors (Lipinski definition) is 4. The molecule has 0 saturated heterocycles. The van der Waals surface area contributed by atoms with Gasteiger partial charge in [0.1, 0.15) is 35.9 Å². The maximum Gasteiger partial charge on any atom is 0.214 e. The van der Waals surface area contributed by atoms with Gasteiger partial charge < -0.3 is 19.7 Å². The summed E-state index contributed by atoms with van der Waals surface area (Å²) in [6.45, 7) is 7.51. The summed E-state index contributed by atoms with van der Waals surface area (Å²) in [5, 5.41) is 21.7. The van der Waals surface area contributed by atoms with Crippen molar-refractivity contribution in [2.24, 2.45) is 0 Å². The molecular weight excluding hydrogens is 749 g/mol. The number of ether oxygens (including phenoxy) is 2. The summed E-state index contributed by atoms with van der Waals surface area (Å²) in [6, 6.07) is 33.5. The maximum absolute atomic E-state index is 12.3. The average Bonchev–Trinajstić information content (AvgIpc) is 3.19. The van der Waals surface area contributed by atoms with Crippen molar-refractivity contribution >= 4 is 20.0 Å². The SMILES string of the molecule is CC(C)S(=O)(=O)N[C@H]1CCCC[C@@]1(O)c1ccc(OCc2ccccc2)cc1.CC(C)S(=O)(=O)N[C@H]1CCCC[C@]1(O)c1ccc(OCc2ccccc2)cc1. The highest BCUT2D eigenvalue weighted by atomic mass is 32.2. The minimum Gasteiger partial charge on any atom is -0.489 e. The zero-order chi connectivity index (χ0) is 40.4. The lowest BCUT2D eigenvalue weighted by Gasteiger charge is -2.41. The largest absolute Gasteiger partial charge is 0.489 e. The van der Waals surface area contributed by atoms with Gasteiger partial charge in [-0.25, -0.2) is 26.3 Å². The van der Waals surface area contributed by atoms with Crippen LogP contribution in [0.15, 0.2) is 109 Å². The molecule has 4 atom stereocenters. The minimum atomic E-state index is -3.46. The zero-order valence-electron chi connectivity index (χ0n) is 32.9. The lowest BCUT2D eigenvalue weighted by Crippen LogP contribution is -2.53. The molecule has 0 amide bonds. The van der Waals surface area contributed by atoms with Gasteiger partial charge in [0.25, 0.3) is 0 Å². The van der Waals surface area contributed by atoms with E-state index in [2.05, 4.69) is 9.44 Å². The number of hydrogen-bond acceptors (Lipinski definition) is 8. The molecule has 56 heavy (non-hydrogen) atoms. The first-order chi connectivity index (χ1) is 26.6. The molecule has 0 bridgehead atoms. The molecule has 304 valence electrons. The fourth-order valence-electron chi connectivity index (χ4n) is 7.15. The highest BCUT2D eigenvalue weighted by Gasteiger charge is 2.44. The normalized spacial score (nSPS) is 22.9. The Morgan fingerprint density at radius 1 is 0.554 bits per heavy atom. The Morgan fingerprint density at radius 3 is 1.21 bits per heavy atom. The van der Waals surface area contributed by atoms with E-state index in [1.165, 1.54) is 0 Å². The number of sulfonamides is 2. The second-order valence-electron chi connectivity index (χ2n) is 15.5. The summed E-state index contributed by atoms with van der Waals surface area (Å²) in [7, 11) is -6.92. The van der Waals surface area contributed by atoms with Crippen LogP contribution in [0.4, 0.5) is 0 Å². The molecular formula is C44H58N2O8S2. The third-order valence-corrected chi connectivity index (χ3v) is 14.5. The van der Waals surface area contributed by atoms with Crippen molar-refractivity contribution in [2.45, 2.75) is 126 Å². The van der Waals surface area contributed by atoms with Crippen LogP contribution in [0, 0.1) is 0 Å². The van der Waals surface area contributed by atoms with Gasteiger partial charge in [0.05, 0.1) is 22.6 Å². The van der Waals surface area contributed by atoms with Crippen LogP contribution in [0.25, 0.3) is 0 Å². The van der Waals surface area contributed by atoms with Gasteiger partial charge in [0.2, 0.25) is 20.0 Å². The van der Waals surface area contributed by atoms with Crippen LogP contribution in [0.3, 0.4) is 0 Å². The van der Waals surface area contributed by atoms with Gasteiger partial charge in [-0.1, -0.05) is 111 Å². The molecule has 2 saturated carbocycles. The molecule has 2 aliphatic carbocycles. The molecule has 0 aliphatic heterocycles. The minimum absolute atomic E-state index is 0.473. The number of rotatable bonds is 14. The predicted molar refractivity (Wildman–Crippen MR) is 221 cm³/mol. The lowest BCUT2D eigenvalue weighted by molar-refractivity contribution is -0.0251. The number of aliphatic hydroxyl groups is 2. The van der Waals surface area contributed by atoms with Crippen LogP contribution in [-0.2, 0) is 44.5 Å². The Bertz CT molecular complexity index is 1880. The van der Waals surface area contributed by atoms with Crippen LogP contribution < -0.4 is 18.9 Å². The third kappa shape index (κ3) is 11.2. The molecule has 4 aromatic carbocycles. The first-order valence-electron chi connectivity index (χ1n) is 19.6. The number of benzene rings is 4. The Labute approximate surface area is 333 Å². The van der Waals surface area contributed by atoms with Crippen molar-refractivity contribution in [2.75, 3.05) is 0 Å². The highest BCUT2D eigenvalue weighted by Crippen LogP contribution is 2.40. The highest BCUT2D eigenvalue weighted by molar-refractivity contribution is 7.90. The van der Waals surface area contributed by atoms with Crippen LogP contribution in [0.2, 0.25) is 0 Å². The molecule has 0 radical (unpaired) electrons. The summed E-state index contributed by atoms with van der Waals surface area (Å²) in [6.07, 6.45) is 5.82. The van der Waals surface area contributed by atoms with Crippen molar-refractivity contribution < 1.29 is 36.5 Å². The van der Waals surface area contributed by atoms with Crippen LogP contribution >= 0.6 is 0 Å². The number of nitrogens with one attached hydrogen (secondary N) is 2. The van der Waals surface area contributed by atoms with Gasteiger partial charge in [0.15, 0.2) is 0 Å². The molecule has 0 heterocycles. The smallest absolute Gasteiger partial charge is 0.214 e. The summed E-state index contributed by atoms with van der Waals surface area (Å²) in [4.78, 5) is 0. The Hall–Kier alpha value is -3.78. The molecule has 4 aromatic rings. The molecule has 2 aliphatic rings. The van der Waals surface area contributed by atoms with Gasteiger partial charge >= 0.3 is 0 Å². The lowest BCUT2D eigenvalue weighted by atomic mass is 9.76. The van der Waals surface area contributed by atoms with E-state index in [0.717, 1.165) is 47.9 Å². The molecule has 2 fully saturated rings. The fraction of sp³-hybridized carbons (Fsp3) is 0.455. The van der Waals surface area contributed by atoms with Crippen molar-refractivity contribution in [3.63, 3.8) is 0 Å². The van der Waals surface area contributed by atoms with E-state index >= 15 is 0 Å². The van der Waals surface area contributed by atoms with Crippen molar-refractivity contribution in [3.05, 3.63) is 131 Å². The zero-order valence-corrected chi connectivity index (χ0v) is 34.6. The third-order valence-electron chi connectivity index (χ3n) is 10.8. The molecule has 12 heteroatoms. The first kappa shape index (κ1) is 43.3. The van der Waals surface area contributed by atoms with E-state index in [9.17, 15) is 27.0 Å². The topological polar surface area (TPSA) is 151 Å². The van der Waals surface area contributed by atoms with E-state index in [1.54, 1.807) is 27.7 Å². The van der Waals surface area contributed by atoms with E-state index < -0.39 is 53.8 Å². The van der Waals surface area contributed by atoms with E-state index in [-0.39, 0.29) is 0 Å². The van der Waals surface area contributed by atoms with Crippen molar-refractivity contribution in [1.29, 1.82) is 0 Å². The standard InChI is InChI=1S/2C22H29NO4S/c2*1-17(2)28(25,26)23-21-10-6-7-15-22(21,24)19-11-13-20(14-12-19)27-16-18-8-4-3-5-9-18/h2*3-5,8-9,11-14,17,21,23-24H,6-7,10,15-16H2,1-2H3/t21-,22+;21-,22-/m00/s1. The monoisotopic (exact) mass is 806 g/mol. The average molecular weight is 807 g/mol. The van der Waals surface area contributed by atoms with Crippen molar-refractivity contribution in [1.82, 2.24) is 9.44 Å². The predicted octanol–water partition coefficient (Wildman–Crippen LogP) is 7.45. The van der Waals surface area contributed by atoms with Gasteiger partial charge in [-0.05, 0) is 99.9 Å². The van der Waals surface area contributed by atoms with Crippen LogP contribution in [-0.4, -0.2) is 49.6 Å². The van der Waals surface area contributed by atoms with E-state index in [1.807, 2.05) is 109 Å². The molecule has 0 spiro atoms. The van der Waals surface area contributed by atoms with Gasteiger partial charge in [-0.3, -0.25) is 0 Å². The Kier molecular flexibility index (Phi) is 14.8. The van der Waals surface area contributed by atoms with Crippen LogP contribution in [0.1, 0.15) is 101 Å². The maximum atomic E-state index is 12.3. The molecule has 6 rings (SSSR count). The van der Waals surface area contributed by atoms with Crippen LogP contribution in [0.5, 0.6) is 11.5 Å². The Balaban J connectivity index is 0.000000214. The van der Waals surface area contributed by atoms with Gasteiger partial charge in [-0.15, -0.1) is 0 Å². The quantitative estimate of drug-likeness (QED) is 0.103. The molecule has 10 nitrogen and oxygen atoms in total. The first-order valence-corrected chi connectivity index (χ1v) is 22.7. The molecule has 0 aromatic heterocycles. The van der Waals surface area contributed by atoms with E-state index in [4.69, 9.17) is 9.47 Å². The van der Waals surface area contributed by atoms with Gasteiger partial charge in [0, 0.05) is 0 Å². The summed E-state index contributed by atoms with van der Waals surface area (Å²) >= 11 is 0. The Morgan fingerprint density at radius 2 is 0.893 bits per heavy atom. The summed E-state index contributed by atoms with van der Waals surface area (Å²) in [5.74, 6) is 1.43. The van der Waals surface area contributed by atoms with Gasteiger partial charge in [-0.2, -0.15) is 0 Å². The summed E-state index contributed by atoms with van der Waals surface area (Å²) < 4.78 is 66.5. The summed E-state index contributed by atoms with van der Waals surface area (Å²) in [5.41, 5.74) is 1.18. The fourth-order valence-corrected chi connectivity index (χ4v) is 9.11. The second kappa shape index (κ2) is 19.1. The second-order valence-corrected chi connectivity index (χ2v) is 20.0. The molecule has 4 N–H and O–H groups in total. The van der Waals surface area contributed by atoms with Crippen molar-refractivity contribution in [3.8, 4) is 11.5 Å².